The van der Waals surface area contributed by atoms with Crippen LogP contribution in [0.3, 0.4) is 0 Å². The van der Waals surface area contributed by atoms with Crippen LogP contribution in [0.15, 0.2) is 274 Å². The molecule has 0 aliphatic heterocycles. The molecule has 0 saturated heterocycles. The van der Waals surface area contributed by atoms with E-state index in [0.29, 0.717) is 136 Å². The van der Waals surface area contributed by atoms with Gasteiger partial charge in [0.2, 0.25) is 0 Å². The smallest absolute Gasteiger partial charge is 0.257 e. The summed E-state index contributed by atoms with van der Waals surface area (Å²) in [5.74, 6) is -2.84. The van der Waals surface area contributed by atoms with Crippen molar-refractivity contribution in [2.24, 2.45) is 0 Å². The molecule has 2 atom stereocenters. The number of pyridine rings is 4. The van der Waals surface area contributed by atoms with Gasteiger partial charge in [0, 0.05) is 162 Å². The topological polar surface area (TPSA) is 360 Å². The van der Waals surface area contributed by atoms with Gasteiger partial charge in [-0.05, 0) is 214 Å². The van der Waals surface area contributed by atoms with Gasteiger partial charge in [-0.1, -0.05) is 117 Å². The number of ether oxygens (including phenoxy) is 1. The molecule has 26 nitrogen and oxygen atoms in total. The fraction of sp³-hybridized carbons (Fsp3) is 0.128. The van der Waals surface area contributed by atoms with E-state index in [1.165, 1.54) is 54.6 Å². The zero-order chi connectivity index (χ0) is 91.2. The fourth-order valence-corrected chi connectivity index (χ4v) is 14.1. The van der Waals surface area contributed by atoms with Crippen molar-refractivity contribution in [1.82, 2.24) is 60.7 Å². The van der Waals surface area contributed by atoms with Crippen LogP contribution < -0.4 is 42.5 Å². The number of nitrogens with one attached hydrogen (secondary N) is 9. The Bertz CT molecular complexity index is 6240. The van der Waals surface area contributed by atoms with Crippen molar-refractivity contribution in [3.8, 4) is 45.0 Å². The van der Waals surface area contributed by atoms with Crippen LogP contribution in [0, 0.1) is 0 Å². The first kappa shape index (κ1) is 95.4. The number of anilines is 4. The maximum absolute atomic E-state index is 12.8. The number of amides is 8. The lowest BCUT2D eigenvalue weighted by Crippen LogP contribution is -2.35. The van der Waals surface area contributed by atoms with E-state index in [2.05, 4.69) is 77.4 Å². The van der Waals surface area contributed by atoms with Crippen molar-refractivity contribution in [1.29, 1.82) is 0 Å². The van der Waals surface area contributed by atoms with E-state index in [9.17, 15) is 38.4 Å². The van der Waals surface area contributed by atoms with Gasteiger partial charge in [-0.15, -0.1) is 0 Å². The van der Waals surface area contributed by atoms with Gasteiger partial charge in [0.1, 0.15) is 0 Å². The third kappa shape index (κ3) is 27.4. The highest BCUT2D eigenvalue weighted by Crippen LogP contribution is 2.35. The van der Waals surface area contributed by atoms with Crippen LogP contribution in [-0.2, 0) is 17.7 Å². The number of benzene rings is 8. The maximum Gasteiger partial charge on any atom is 0.257 e. The Morgan fingerprint density at radius 2 is 0.734 bits per heavy atom. The van der Waals surface area contributed by atoms with Crippen LogP contribution in [0.4, 0.5) is 22.7 Å². The molecule has 0 aliphatic rings. The summed E-state index contributed by atoms with van der Waals surface area (Å²) in [7, 11) is 1.56. The number of aromatic nitrogens is 8. The highest BCUT2D eigenvalue weighted by atomic mass is 35.5. The minimum atomic E-state index is -0.426. The van der Waals surface area contributed by atoms with Gasteiger partial charge >= 0.3 is 0 Å². The van der Waals surface area contributed by atoms with Gasteiger partial charge in [0.15, 0.2) is 0 Å². The highest BCUT2D eigenvalue weighted by Gasteiger charge is 2.23. The van der Waals surface area contributed by atoms with Crippen molar-refractivity contribution >= 4 is 163 Å². The van der Waals surface area contributed by atoms with Gasteiger partial charge < -0.3 is 61.9 Å². The Morgan fingerprint density at radius 3 is 1.03 bits per heavy atom. The van der Waals surface area contributed by atoms with Gasteiger partial charge in [0.25, 0.3) is 47.3 Å². The van der Waals surface area contributed by atoms with Gasteiger partial charge in [-0.25, -0.2) is 9.97 Å². The summed E-state index contributed by atoms with van der Waals surface area (Å²) in [6, 6.07) is 60.1. The Labute approximate surface area is 775 Å². The predicted octanol–water partition coefficient (Wildman–Crippen LogP) is 19.8. The maximum atomic E-state index is 12.8. The minimum Gasteiger partial charge on any atom is -0.394 e. The molecule has 0 fully saturated rings. The van der Waals surface area contributed by atoms with Crippen LogP contribution in [0.5, 0.6) is 0 Å². The Hall–Kier alpha value is -13.2. The molecule has 10 N–H and O–H groups in total. The van der Waals surface area contributed by atoms with Crippen molar-refractivity contribution < 1.29 is 48.2 Å². The average molecular weight is 1880 g/mol. The van der Waals surface area contributed by atoms with Crippen molar-refractivity contribution in [2.45, 2.75) is 45.3 Å². The highest BCUT2D eigenvalue weighted by molar-refractivity contribution is 6.38. The number of methoxy groups -OCH3 is 1. The standard InChI is InChI=1S/C25H21Cl2N5O2.C24H19Cl2N5O2.C23H21Cl2N3O3.C22H19Cl2N3O3/c26-21-8-6-18(15-20(21)23-4-1-2-9-29-23)31-25(34)19-7-5-17(14-22(19)27)24(33)30-10-3-12-32-13-11-28-16-32;25-20-7-5-16(12-19(20)22-3-1-2-9-28-22)31-24(33)18-6-4-15(11-21(18)26)23(32)29-10-8-17-13-27-14-30-17;1-14(13-31-2)27-22(29)15-6-8-17(20(25)11-15)23(30)28-16-7-9-19(24)18(12-16)21-5-3-4-10-26-21;1-13(12-28)26-21(29)14-5-7-16(19(24)10-14)22(30)27-15-6-8-18(23)17(11-15)20-4-2-3-9-25-20/h1-2,4-9,11,13-16H,3,10,12H2,(H,30,33)(H,31,34);1-7,9,11-14H,8,10H2,(H,27,30)(H,29,32)(H,31,33);3-12,14H,13H2,1-2H3,(H,27,29)(H,28,30);2-11,13,28H,12H2,1H3,(H,26,29)(H,27,30)/t;;14-;13-/m..00/s1. The number of aliphatic hydroxyl groups is 1. The van der Waals surface area contributed by atoms with Crippen molar-refractivity contribution in [2.75, 3.05) is 54.7 Å². The number of H-pyrrole nitrogens is 1. The molecule has 6 heterocycles. The van der Waals surface area contributed by atoms with Crippen LogP contribution in [-0.4, -0.2) is 137 Å². The van der Waals surface area contributed by atoms with E-state index in [1.54, 1.807) is 161 Å². The fourth-order valence-electron chi connectivity index (χ4n) is 12.2. The van der Waals surface area contributed by atoms with E-state index >= 15 is 0 Å². The van der Waals surface area contributed by atoms with Crippen LogP contribution in [0.2, 0.25) is 40.2 Å². The Kier molecular flexibility index (Phi) is 35.3. The first-order valence-corrected chi connectivity index (χ1v) is 42.3. The molecule has 0 aliphatic carbocycles. The second-order valence-electron chi connectivity index (χ2n) is 28.1. The molecule has 6 aromatic heterocycles. The number of carbonyl (C=O) groups excluding carboxylic acids is 8. The summed E-state index contributed by atoms with van der Waals surface area (Å²) < 4.78 is 6.95. The van der Waals surface area contributed by atoms with E-state index in [4.69, 9.17) is 103 Å². The molecule has 652 valence electrons. The van der Waals surface area contributed by atoms with Gasteiger partial charge in [-0.2, -0.15) is 0 Å². The predicted molar refractivity (Wildman–Crippen MR) is 503 cm³/mol. The summed E-state index contributed by atoms with van der Waals surface area (Å²) in [6.45, 7) is 5.42. The monoisotopic (exact) mass is 1870 g/mol. The van der Waals surface area contributed by atoms with Crippen LogP contribution >= 0.6 is 92.8 Å². The lowest BCUT2D eigenvalue weighted by molar-refractivity contribution is 0.0901. The third-order valence-corrected chi connectivity index (χ3v) is 21.3. The first-order chi connectivity index (χ1) is 61.8. The lowest BCUT2D eigenvalue weighted by atomic mass is 10.1. The molecular formula is C94H80Cl8N16O10. The number of aryl methyl sites for hydroxylation is 1. The minimum absolute atomic E-state index is 0.135. The number of imidazole rings is 2. The number of aliphatic hydroxyl groups excluding tert-OH is 1. The number of hydrogen-bond acceptors (Lipinski definition) is 16. The molecule has 8 aromatic carbocycles. The summed E-state index contributed by atoms with van der Waals surface area (Å²) in [5.41, 5.74) is 11.0. The molecule has 0 bridgehead atoms. The van der Waals surface area contributed by atoms with Gasteiger partial charge in [0.05, 0.1) is 111 Å². The number of aromatic amines is 1. The summed E-state index contributed by atoms with van der Waals surface area (Å²) in [6.07, 6.45) is 16.7. The molecule has 14 aromatic rings. The molecule has 8 amide bonds. The van der Waals surface area contributed by atoms with Crippen LogP contribution in [0.25, 0.3) is 45.0 Å². The SMILES string of the molecule is COC[C@H](C)NC(=O)c1ccc(C(=O)Nc2ccc(Cl)c(-c3ccccn3)c2)c(Cl)c1.C[C@@H](CO)NC(=O)c1ccc(C(=O)Nc2ccc(Cl)c(-c3ccccn3)c2)c(Cl)c1.O=C(NCCCn1ccnc1)c1ccc(C(=O)Nc2ccc(Cl)c(-c3ccccn3)c2)c(Cl)c1.O=C(NCCc1cnc[nH]1)c1ccc(C(=O)Nc2ccc(Cl)c(-c3ccccn3)c2)c(Cl)c1. The first-order valence-electron chi connectivity index (χ1n) is 39.3. The number of halogens is 8. The average Bonchev–Trinajstić information content (AvgIpc) is 0.910. The zero-order valence-electron chi connectivity index (χ0n) is 68.4. The Morgan fingerprint density at radius 1 is 0.391 bits per heavy atom. The Balaban J connectivity index is 0.000000166. The normalized spacial score (nSPS) is 11.1. The molecule has 14 rings (SSSR count). The van der Waals surface area contributed by atoms with E-state index in [1.807, 2.05) is 84.4 Å². The third-order valence-electron chi connectivity index (χ3n) is 18.7. The second-order valence-corrected chi connectivity index (χ2v) is 31.4. The summed E-state index contributed by atoms with van der Waals surface area (Å²) >= 11 is 50.4. The number of hydrogen-bond donors (Lipinski definition) is 10. The summed E-state index contributed by atoms with van der Waals surface area (Å²) in [5, 5.41) is 34.1. The van der Waals surface area contributed by atoms with E-state index < -0.39 is 29.7 Å². The summed E-state index contributed by atoms with van der Waals surface area (Å²) in [4.78, 5) is 128. The second kappa shape index (κ2) is 47.4. The van der Waals surface area contributed by atoms with Gasteiger partial charge in [-0.3, -0.25) is 58.3 Å². The number of rotatable bonds is 28. The van der Waals surface area contributed by atoms with Crippen molar-refractivity contribution in [3.63, 3.8) is 0 Å². The molecule has 34 heteroatoms. The van der Waals surface area contributed by atoms with Crippen molar-refractivity contribution in [3.05, 3.63) is 365 Å². The molecule has 128 heavy (non-hydrogen) atoms. The molecule has 0 radical (unpaired) electrons. The number of nitrogens with zero attached hydrogens (tertiary/aromatic N) is 7. The van der Waals surface area contributed by atoms with E-state index in [-0.39, 0.29) is 78.6 Å². The lowest BCUT2D eigenvalue weighted by Gasteiger charge is -2.14. The number of carbonyl (C=O) groups is 8. The molecule has 0 unspecified atom stereocenters. The quantitative estimate of drug-likeness (QED) is 0.0204. The van der Waals surface area contributed by atoms with E-state index in [0.717, 1.165) is 18.7 Å². The molecule has 0 spiro atoms. The molecule has 0 saturated carbocycles. The zero-order valence-corrected chi connectivity index (χ0v) is 74.4. The largest absolute Gasteiger partial charge is 0.394 e. The van der Waals surface area contributed by atoms with Crippen LogP contribution in [0.1, 0.15) is 109 Å². The molecular weight excluding hydrogens is 1800 g/mol.